The molecular weight excluding hydrogens is 186 g/mol. The molecule has 0 aliphatic heterocycles. The second-order valence-corrected chi connectivity index (χ2v) is 4.48. The highest BCUT2D eigenvalue weighted by molar-refractivity contribution is 8.08. The van der Waals surface area contributed by atoms with Gasteiger partial charge in [-0.25, -0.2) is 0 Å². The van der Waals surface area contributed by atoms with Gasteiger partial charge in [-0.15, -0.1) is 11.8 Å². The van der Waals surface area contributed by atoms with Crippen LogP contribution in [0, 0.1) is 0 Å². The fourth-order valence-corrected chi connectivity index (χ4v) is 1.76. The van der Waals surface area contributed by atoms with E-state index in [4.69, 9.17) is 0 Å². The summed E-state index contributed by atoms with van der Waals surface area (Å²) in [6, 6.07) is 0. The molecule has 0 rings (SSSR count). The zero-order valence-corrected chi connectivity index (χ0v) is 9.68. The third-order valence-electron chi connectivity index (χ3n) is 1.42. The van der Waals surface area contributed by atoms with Crippen LogP contribution < -0.4 is 0 Å². The van der Waals surface area contributed by atoms with Gasteiger partial charge < -0.3 is 0 Å². The minimum absolute atomic E-state index is 1.01. The summed E-state index contributed by atoms with van der Waals surface area (Å²) in [4.78, 5) is 6.45. The van der Waals surface area contributed by atoms with Crippen molar-refractivity contribution in [1.82, 2.24) is 0 Å². The molecule has 0 fully saturated rings. The lowest BCUT2D eigenvalue weighted by atomic mass is 10.6. The Morgan fingerprint density at radius 2 is 2.00 bits per heavy atom. The SMILES string of the molecule is C=N/C(S/C(C)=C\C)=C(/C)SC. The standard InChI is InChI=1S/C9H15NS2/c1-6-7(2)12-9(10-4)8(3)11-5/h6H,4H2,1-3,5H3/b7-6-,9-8+. The molecule has 0 bridgehead atoms. The van der Waals surface area contributed by atoms with Crippen molar-refractivity contribution in [2.24, 2.45) is 4.99 Å². The summed E-state index contributed by atoms with van der Waals surface area (Å²) < 4.78 is 0. The van der Waals surface area contributed by atoms with Crippen molar-refractivity contribution >= 4 is 30.2 Å². The number of aliphatic imine (C=N–C) groups is 1. The summed E-state index contributed by atoms with van der Waals surface area (Å²) in [5.41, 5.74) is 0. The highest BCUT2D eigenvalue weighted by Crippen LogP contribution is 2.31. The zero-order chi connectivity index (χ0) is 9.56. The van der Waals surface area contributed by atoms with Gasteiger partial charge in [0, 0.05) is 4.91 Å². The van der Waals surface area contributed by atoms with Gasteiger partial charge in [-0.2, -0.15) is 0 Å². The van der Waals surface area contributed by atoms with E-state index in [2.05, 4.69) is 31.6 Å². The van der Waals surface area contributed by atoms with E-state index >= 15 is 0 Å². The van der Waals surface area contributed by atoms with Gasteiger partial charge in [0.05, 0.1) is 0 Å². The summed E-state index contributed by atoms with van der Waals surface area (Å²) in [7, 11) is 0. The number of thioether (sulfide) groups is 2. The van der Waals surface area contributed by atoms with Crippen molar-refractivity contribution < 1.29 is 0 Å². The number of rotatable bonds is 4. The summed E-state index contributed by atoms with van der Waals surface area (Å²) in [6.45, 7) is 9.71. The van der Waals surface area contributed by atoms with E-state index in [0.717, 1.165) is 5.03 Å². The van der Waals surface area contributed by atoms with Crippen molar-refractivity contribution in [2.45, 2.75) is 20.8 Å². The molecule has 0 saturated carbocycles. The molecule has 0 atom stereocenters. The summed E-state index contributed by atoms with van der Waals surface area (Å²) in [5.74, 6) is 0. The number of hydrogen-bond donors (Lipinski definition) is 0. The van der Waals surface area contributed by atoms with Crippen LogP contribution in [0.15, 0.2) is 25.9 Å². The van der Waals surface area contributed by atoms with E-state index < -0.39 is 0 Å². The Hall–Kier alpha value is -0.150. The number of allylic oxidation sites excluding steroid dienone is 3. The van der Waals surface area contributed by atoms with Gasteiger partial charge in [-0.1, -0.05) is 17.8 Å². The van der Waals surface area contributed by atoms with E-state index in [-0.39, 0.29) is 0 Å². The first kappa shape index (κ1) is 11.8. The largest absolute Gasteiger partial charge is 0.257 e. The van der Waals surface area contributed by atoms with Crippen molar-refractivity contribution in [1.29, 1.82) is 0 Å². The Morgan fingerprint density at radius 1 is 1.42 bits per heavy atom. The van der Waals surface area contributed by atoms with Crippen LogP contribution in [0.2, 0.25) is 0 Å². The molecule has 1 nitrogen and oxygen atoms in total. The lowest BCUT2D eigenvalue weighted by Gasteiger charge is -2.03. The molecule has 68 valence electrons. The first-order valence-electron chi connectivity index (χ1n) is 3.68. The Bertz CT molecular complexity index is 217. The van der Waals surface area contributed by atoms with Crippen LogP contribution in [0.1, 0.15) is 20.8 Å². The van der Waals surface area contributed by atoms with Gasteiger partial charge in [0.15, 0.2) is 0 Å². The Morgan fingerprint density at radius 3 is 2.33 bits per heavy atom. The van der Waals surface area contributed by atoms with Crippen LogP contribution in [0.25, 0.3) is 0 Å². The van der Waals surface area contributed by atoms with Crippen LogP contribution in [0.4, 0.5) is 0 Å². The second kappa shape index (κ2) is 6.38. The minimum atomic E-state index is 1.01. The van der Waals surface area contributed by atoms with Crippen molar-refractivity contribution in [3.63, 3.8) is 0 Å². The molecule has 0 N–H and O–H groups in total. The van der Waals surface area contributed by atoms with Crippen LogP contribution in [0.5, 0.6) is 0 Å². The molecule has 0 heterocycles. The maximum absolute atomic E-state index is 3.98. The average molecular weight is 201 g/mol. The molecule has 0 aromatic heterocycles. The predicted molar refractivity (Wildman–Crippen MR) is 62.8 cm³/mol. The third kappa shape index (κ3) is 4.02. The van der Waals surface area contributed by atoms with Crippen LogP contribution in [-0.2, 0) is 0 Å². The van der Waals surface area contributed by atoms with Gasteiger partial charge in [0.25, 0.3) is 0 Å². The van der Waals surface area contributed by atoms with Crippen LogP contribution >= 0.6 is 23.5 Å². The molecular formula is C9H15NS2. The Balaban J connectivity index is 4.48. The molecule has 12 heavy (non-hydrogen) atoms. The first-order valence-corrected chi connectivity index (χ1v) is 5.72. The van der Waals surface area contributed by atoms with Gasteiger partial charge in [-0.3, -0.25) is 4.99 Å². The molecule has 0 unspecified atom stereocenters. The lowest BCUT2D eigenvalue weighted by Crippen LogP contribution is -1.76. The van der Waals surface area contributed by atoms with Gasteiger partial charge in [0.1, 0.15) is 5.03 Å². The highest BCUT2D eigenvalue weighted by Gasteiger charge is 2.00. The lowest BCUT2D eigenvalue weighted by molar-refractivity contribution is 1.48. The van der Waals surface area contributed by atoms with Gasteiger partial charge in [0.2, 0.25) is 0 Å². The first-order chi connectivity index (χ1) is 5.65. The molecule has 0 aromatic rings. The smallest absolute Gasteiger partial charge is 0.109 e. The highest BCUT2D eigenvalue weighted by atomic mass is 32.2. The minimum Gasteiger partial charge on any atom is -0.257 e. The molecule has 0 aromatic carbocycles. The summed E-state index contributed by atoms with van der Waals surface area (Å²) in [6.07, 6.45) is 4.12. The molecule has 0 aliphatic carbocycles. The predicted octanol–water partition coefficient (Wildman–Crippen LogP) is 3.90. The van der Waals surface area contributed by atoms with Crippen molar-refractivity contribution in [2.75, 3.05) is 6.26 Å². The zero-order valence-electron chi connectivity index (χ0n) is 8.05. The number of nitrogens with zero attached hydrogens (tertiary/aromatic N) is 1. The average Bonchev–Trinajstić information content (AvgIpc) is 2.12. The quantitative estimate of drug-likeness (QED) is 0.640. The Labute approximate surface area is 83.4 Å². The van der Waals surface area contributed by atoms with Gasteiger partial charge >= 0.3 is 0 Å². The van der Waals surface area contributed by atoms with Gasteiger partial charge in [-0.05, 0) is 38.6 Å². The number of hydrogen-bond acceptors (Lipinski definition) is 3. The van der Waals surface area contributed by atoms with Crippen molar-refractivity contribution in [3.05, 3.63) is 20.9 Å². The van der Waals surface area contributed by atoms with Crippen LogP contribution in [-0.4, -0.2) is 13.0 Å². The molecule has 0 spiro atoms. The van der Waals surface area contributed by atoms with E-state index in [1.54, 1.807) is 23.5 Å². The normalized spacial score (nSPS) is 14.2. The molecule has 0 amide bonds. The van der Waals surface area contributed by atoms with E-state index in [1.165, 1.54) is 9.81 Å². The summed E-state index contributed by atoms with van der Waals surface area (Å²) >= 11 is 3.38. The topological polar surface area (TPSA) is 12.4 Å². The Kier molecular flexibility index (Phi) is 6.30. The second-order valence-electron chi connectivity index (χ2n) is 2.22. The maximum atomic E-state index is 3.98. The van der Waals surface area contributed by atoms with E-state index in [1.807, 2.05) is 13.2 Å². The maximum Gasteiger partial charge on any atom is 0.109 e. The summed E-state index contributed by atoms with van der Waals surface area (Å²) in [5, 5.41) is 1.01. The van der Waals surface area contributed by atoms with E-state index in [9.17, 15) is 0 Å². The fraction of sp³-hybridized carbons (Fsp3) is 0.444. The molecule has 0 aliphatic rings. The van der Waals surface area contributed by atoms with Crippen LogP contribution in [0.3, 0.4) is 0 Å². The molecule has 0 saturated heterocycles. The van der Waals surface area contributed by atoms with E-state index in [0.29, 0.717) is 0 Å². The monoisotopic (exact) mass is 201 g/mol. The fourth-order valence-electron chi connectivity index (χ4n) is 0.514. The third-order valence-corrected chi connectivity index (χ3v) is 3.54. The molecule has 0 radical (unpaired) electrons. The molecule has 3 heteroatoms. The van der Waals surface area contributed by atoms with Crippen molar-refractivity contribution in [3.8, 4) is 0 Å².